The van der Waals surface area contributed by atoms with Crippen LogP contribution in [-0.4, -0.2) is 0 Å². The third kappa shape index (κ3) is 2.98. The van der Waals surface area contributed by atoms with Gasteiger partial charge in [-0.2, -0.15) is 0 Å². The third-order valence-electron chi connectivity index (χ3n) is 3.65. The zero-order valence-electron chi connectivity index (χ0n) is 10.2. The second kappa shape index (κ2) is 5.89. The summed E-state index contributed by atoms with van der Waals surface area (Å²) in [5.41, 5.74) is 0. The van der Waals surface area contributed by atoms with Gasteiger partial charge in [0.15, 0.2) is 0 Å². The van der Waals surface area contributed by atoms with Crippen LogP contribution in [0.3, 0.4) is 0 Å². The molecule has 0 radical (unpaired) electrons. The van der Waals surface area contributed by atoms with Gasteiger partial charge in [0, 0.05) is 0 Å². The van der Waals surface area contributed by atoms with Gasteiger partial charge in [-0.15, -0.1) is 0 Å². The summed E-state index contributed by atoms with van der Waals surface area (Å²) in [6.07, 6.45) is 23.2. The lowest BCUT2D eigenvalue weighted by molar-refractivity contribution is 0.549. The van der Waals surface area contributed by atoms with E-state index in [9.17, 15) is 0 Å². The average molecular weight is 214 g/mol. The van der Waals surface area contributed by atoms with E-state index in [0.29, 0.717) is 0 Å². The van der Waals surface area contributed by atoms with Gasteiger partial charge >= 0.3 is 0 Å². The van der Waals surface area contributed by atoms with Crippen molar-refractivity contribution in [2.24, 2.45) is 17.8 Å². The molecule has 0 aromatic rings. The fourth-order valence-corrected chi connectivity index (χ4v) is 2.83. The summed E-state index contributed by atoms with van der Waals surface area (Å²) in [5, 5.41) is 0. The first kappa shape index (κ1) is 11.4. The molecule has 1 saturated carbocycles. The van der Waals surface area contributed by atoms with Gasteiger partial charge in [-0.25, -0.2) is 0 Å². The minimum Gasteiger partial charge on any atom is -0.0914 e. The molecule has 0 nitrogen and oxygen atoms in total. The van der Waals surface area contributed by atoms with Crippen LogP contribution >= 0.6 is 0 Å². The average Bonchev–Trinajstić information content (AvgIpc) is 2.95. The van der Waals surface area contributed by atoms with Crippen molar-refractivity contribution in [2.75, 3.05) is 0 Å². The van der Waals surface area contributed by atoms with Crippen LogP contribution in [0.15, 0.2) is 48.6 Å². The Morgan fingerprint density at radius 2 is 1.62 bits per heavy atom. The van der Waals surface area contributed by atoms with Crippen LogP contribution in [0.25, 0.3) is 0 Å². The van der Waals surface area contributed by atoms with Gasteiger partial charge in [-0.3, -0.25) is 0 Å². The molecule has 0 spiro atoms. The van der Waals surface area contributed by atoms with Crippen molar-refractivity contribution in [3.8, 4) is 0 Å². The van der Waals surface area contributed by atoms with Crippen LogP contribution in [0.2, 0.25) is 0 Å². The summed E-state index contributed by atoms with van der Waals surface area (Å²) in [4.78, 5) is 0. The SMILES string of the molecule is C/C=C\C1CC2C=CC1C2.C1=CCC=CC1. The molecule has 3 aliphatic rings. The molecule has 0 amide bonds. The van der Waals surface area contributed by atoms with Gasteiger partial charge in [0.05, 0.1) is 0 Å². The van der Waals surface area contributed by atoms with Gasteiger partial charge in [0.2, 0.25) is 0 Å². The van der Waals surface area contributed by atoms with E-state index in [4.69, 9.17) is 0 Å². The van der Waals surface area contributed by atoms with E-state index in [0.717, 1.165) is 30.6 Å². The van der Waals surface area contributed by atoms with Crippen molar-refractivity contribution in [2.45, 2.75) is 32.6 Å². The predicted molar refractivity (Wildman–Crippen MR) is 71.2 cm³/mol. The Balaban J connectivity index is 0.000000138. The van der Waals surface area contributed by atoms with Crippen molar-refractivity contribution in [1.29, 1.82) is 0 Å². The van der Waals surface area contributed by atoms with Gasteiger partial charge in [-0.05, 0) is 50.4 Å². The normalized spacial score (nSPS) is 34.4. The monoisotopic (exact) mass is 214 g/mol. The summed E-state index contributed by atoms with van der Waals surface area (Å²) in [7, 11) is 0. The van der Waals surface area contributed by atoms with E-state index >= 15 is 0 Å². The molecular formula is C16H22. The molecule has 0 aliphatic heterocycles. The fourth-order valence-electron chi connectivity index (χ4n) is 2.83. The highest BCUT2D eigenvalue weighted by Crippen LogP contribution is 2.43. The highest BCUT2D eigenvalue weighted by molar-refractivity contribution is 5.14. The van der Waals surface area contributed by atoms with E-state index in [-0.39, 0.29) is 0 Å². The molecule has 3 unspecified atom stereocenters. The maximum absolute atomic E-state index is 2.40. The fraction of sp³-hybridized carbons (Fsp3) is 0.500. The van der Waals surface area contributed by atoms with Gasteiger partial charge in [0.25, 0.3) is 0 Å². The zero-order valence-corrected chi connectivity index (χ0v) is 10.2. The first-order valence-electron chi connectivity index (χ1n) is 6.51. The van der Waals surface area contributed by atoms with Crippen molar-refractivity contribution in [3.63, 3.8) is 0 Å². The second-order valence-corrected chi connectivity index (χ2v) is 4.88. The minimum atomic E-state index is 0.875. The van der Waals surface area contributed by atoms with Gasteiger partial charge in [-0.1, -0.05) is 48.6 Å². The molecule has 16 heavy (non-hydrogen) atoms. The van der Waals surface area contributed by atoms with Gasteiger partial charge < -0.3 is 0 Å². The van der Waals surface area contributed by atoms with E-state index in [2.05, 4.69) is 55.5 Å². The smallest absolute Gasteiger partial charge is 0.0165 e. The zero-order chi connectivity index (χ0) is 11.2. The Morgan fingerprint density at radius 3 is 2.00 bits per heavy atom. The number of hydrogen-bond donors (Lipinski definition) is 0. The molecule has 3 aliphatic carbocycles. The number of allylic oxidation sites excluding steroid dienone is 8. The Kier molecular flexibility index (Phi) is 4.21. The Bertz CT molecular complexity index is 297. The maximum atomic E-state index is 2.40. The summed E-state index contributed by atoms with van der Waals surface area (Å²) >= 11 is 0. The third-order valence-corrected chi connectivity index (χ3v) is 3.65. The standard InChI is InChI=1S/C10H14.C6H8/c1-2-3-9-6-8-4-5-10(9)7-8;1-2-4-6-5-3-1/h2-5,8-10H,6-7H2,1H3;1-2,5-6H,3-4H2/b3-2-;. The lowest BCUT2D eigenvalue weighted by atomic mass is 9.93. The topological polar surface area (TPSA) is 0 Å². The van der Waals surface area contributed by atoms with E-state index < -0.39 is 0 Å². The first-order valence-corrected chi connectivity index (χ1v) is 6.51. The van der Waals surface area contributed by atoms with E-state index in [1.54, 1.807) is 0 Å². The summed E-state index contributed by atoms with van der Waals surface area (Å²) in [5.74, 6) is 2.69. The summed E-state index contributed by atoms with van der Waals surface area (Å²) in [6.45, 7) is 2.12. The molecule has 0 saturated heterocycles. The van der Waals surface area contributed by atoms with Gasteiger partial charge in [0.1, 0.15) is 0 Å². The molecule has 3 atom stereocenters. The molecule has 3 rings (SSSR count). The van der Waals surface area contributed by atoms with Crippen LogP contribution < -0.4 is 0 Å². The molecule has 0 aromatic heterocycles. The number of fused-ring (bicyclic) bond motifs is 2. The molecular weight excluding hydrogens is 192 g/mol. The highest BCUT2D eigenvalue weighted by Gasteiger charge is 2.33. The van der Waals surface area contributed by atoms with Crippen molar-refractivity contribution in [3.05, 3.63) is 48.6 Å². The van der Waals surface area contributed by atoms with Crippen LogP contribution in [0, 0.1) is 17.8 Å². The lowest BCUT2D eigenvalue weighted by Crippen LogP contribution is -2.02. The molecule has 0 heteroatoms. The van der Waals surface area contributed by atoms with E-state index in [1.807, 2.05) is 0 Å². The van der Waals surface area contributed by atoms with Crippen LogP contribution in [-0.2, 0) is 0 Å². The van der Waals surface area contributed by atoms with E-state index in [1.165, 1.54) is 12.8 Å². The van der Waals surface area contributed by atoms with Crippen molar-refractivity contribution < 1.29 is 0 Å². The second-order valence-electron chi connectivity index (χ2n) is 4.88. The van der Waals surface area contributed by atoms with Crippen LogP contribution in [0.1, 0.15) is 32.6 Å². The Hall–Kier alpha value is -1.04. The maximum Gasteiger partial charge on any atom is -0.0165 e. The van der Waals surface area contributed by atoms with Crippen molar-refractivity contribution in [1.82, 2.24) is 0 Å². The van der Waals surface area contributed by atoms with Crippen LogP contribution in [0.5, 0.6) is 0 Å². The Morgan fingerprint density at radius 1 is 0.938 bits per heavy atom. The largest absolute Gasteiger partial charge is 0.0914 e. The van der Waals surface area contributed by atoms with Crippen molar-refractivity contribution >= 4 is 0 Å². The molecule has 1 fully saturated rings. The number of hydrogen-bond acceptors (Lipinski definition) is 0. The minimum absolute atomic E-state index is 0.875. The molecule has 0 heterocycles. The molecule has 0 aromatic carbocycles. The quantitative estimate of drug-likeness (QED) is 0.556. The number of rotatable bonds is 1. The van der Waals surface area contributed by atoms with Crippen LogP contribution in [0.4, 0.5) is 0 Å². The summed E-state index contributed by atoms with van der Waals surface area (Å²) in [6, 6.07) is 0. The Labute approximate surface area is 99.4 Å². The first-order chi connectivity index (χ1) is 7.90. The molecule has 86 valence electrons. The highest BCUT2D eigenvalue weighted by atomic mass is 14.4. The predicted octanol–water partition coefficient (Wildman–Crippen LogP) is 4.67. The molecule has 2 bridgehead atoms. The lowest BCUT2D eigenvalue weighted by Gasteiger charge is -2.12. The molecule has 0 N–H and O–H groups in total. The summed E-state index contributed by atoms with van der Waals surface area (Å²) < 4.78 is 0.